The molecule has 1 N–H and O–H groups in total. The molecule has 2 aromatic carbocycles. The molecule has 1 atom stereocenters. The summed E-state index contributed by atoms with van der Waals surface area (Å²) in [6.45, 7) is 6.07. The van der Waals surface area contributed by atoms with E-state index in [-0.39, 0.29) is 11.8 Å². The van der Waals surface area contributed by atoms with E-state index in [9.17, 15) is 4.79 Å². The van der Waals surface area contributed by atoms with Gasteiger partial charge in [-0.15, -0.1) is 0 Å². The van der Waals surface area contributed by atoms with Crippen molar-refractivity contribution >= 4 is 16.6 Å². The van der Waals surface area contributed by atoms with Crippen LogP contribution in [0, 0.1) is 0 Å². The van der Waals surface area contributed by atoms with Gasteiger partial charge < -0.3 is 14.6 Å². The predicted molar refractivity (Wildman–Crippen MR) is 110 cm³/mol. The maximum Gasteiger partial charge on any atom is 0.248 e. The molecule has 0 bridgehead atoms. The number of aromatic nitrogens is 1. The van der Waals surface area contributed by atoms with E-state index >= 15 is 0 Å². The van der Waals surface area contributed by atoms with E-state index in [0.29, 0.717) is 0 Å². The number of rotatable bonds is 5. The Morgan fingerprint density at radius 2 is 1.74 bits per heavy atom. The Morgan fingerprint density at radius 1 is 0.963 bits per heavy atom. The molecule has 3 aromatic rings. The van der Waals surface area contributed by atoms with Gasteiger partial charge in [-0.2, -0.15) is 0 Å². The summed E-state index contributed by atoms with van der Waals surface area (Å²) in [4.78, 5) is 19.3. The number of benzene rings is 2. The van der Waals surface area contributed by atoms with Gasteiger partial charge in [-0.25, -0.2) is 0 Å². The lowest BCUT2D eigenvalue weighted by molar-refractivity contribution is 0.0196. The Kier molecular flexibility index (Phi) is 5.12. The van der Waals surface area contributed by atoms with Crippen molar-refractivity contribution in [2.75, 3.05) is 31.1 Å². The number of H-pyrrole nitrogens is 1. The molecule has 0 aliphatic carbocycles. The Hall–Kier alpha value is -2.79. The zero-order valence-electron chi connectivity index (χ0n) is 15.6. The predicted octanol–water partition coefficient (Wildman–Crippen LogP) is 3.47. The molecule has 2 heterocycles. The first kappa shape index (κ1) is 17.6. The molecule has 1 unspecified atom stereocenters. The van der Waals surface area contributed by atoms with Gasteiger partial charge in [0.2, 0.25) is 5.56 Å². The van der Waals surface area contributed by atoms with Crippen molar-refractivity contribution in [2.45, 2.75) is 19.6 Å². The van der Waals surface area contributed by atoms with Gasteiger partial charge in [-0.3, -0.25) is 9.69 Å². The second-order valence-corrected chi connectivity index (χ2v) is 6.88. The summed E-state index contributed by atoms with van der Waals surface area (Å²) in [6, 6.07) is 19.8. The molecule has 1 saturated heterocycles. The summed E-state index contributed by atoms with van der Waals surface area (Å²) in [6.07, 6.45) is 0.936. The van der Waals surface area contributed by atoms with Crippen LogP contribution in [0.3, 0.4) is 0 Å². The second kappa shape index (κ2) is 7.84. The van der Waals surface area contributed by atoms with Crippen molar-refractivity contribution < 1.29 is 4.74 Å². The van der Waals surface area contributed by atoms with Crippen molar-refractivity contribution in [1.29, 1.82) is 0 Å². The highest BCUT2D eigenvalue weighted by molar-refractivity contribution is 5.84. The topological polar surface area (TPSA) is 48.6 Å². The second-order valence-electron chi connectivity index (χ2n) is 6.88. The van der Waals surface area contributed by atoms with Gasteiger partial charge in [0.1, 0.15) is 5.75 Å². The van der Waals surface area contributed by atoms with Crippen LogP contribution < -0.4 is 15.2 Å². The summed E-state index contributed by atoms with van der Waals surface area (Å²) >= 11 is 0. The summed E-state index contributed by atoms with van der Waals surface area (Å²) in [5, 5.41) is 0.943. The summed E-state index contributed by atoms with van der Waals surface area (Å²) < 4.78 is 6.38. The van der Waals surface area contributed by atoms with E-state index in [0.717, 1.165) is 49.3 Å². The number of aromatic amines is 1. The number of pyridine rings is 1. The summed E-state index contributed by atoms with van der Waals surface area (Å²) in [7, 11) is 0. The molecule has 1 aromatic heterocycles. The smallest absolute Gasteiger partial charge is 0.248 e. The molecule has 5 heteroatoms. The molecule has 1 aliphatic rings. The lowest BCUT2D eigenvalue weighted by Crippen LogP contribution is -2.52. The van der Waals surface area contributed by atoms with Gasteiger partial charge in [-0.05, 0) is 36.8 Å². The highest BCUT2D eigenvalue weighted by atomic mass is 16.5. The first-order valence-electron chi connectivity index (χ1n) is 9.57. The van der Waals surface area contributed by atoms with Crippen molar-refractivity contribution in [3.8, 4) is 5.75 Å². The van der Waals surface area contributed by atoms with Gasteiger partial charge >= 0.3 is 0 Å². The van der Waals surface area contributed by atoms with Crippen molar-refractivity contribution in [3.63, 3.8) is 0 Å². The summed E-state index contributed by atoms with van der Waals surface area (Å²) in [5.41, 5.74) is 2.00. The van der Waals surface area contributed by atoms with Crippen LogP contribution in [0.4, 0.5) is 5.69 Å². The number of ether oxygens (including phenoxy) is 1. The number of hydrogen-bond acceptors (Lipinski definition) is 4. The highest BCUT2D eigenvalue weighted by Crippen LogP contribution is 2.26. The Morgan fingerprint density at radius 3 is 2.48 bits per heavy atom. The summed E-state index contributed by atoms with van der Waals surface area (Å²) in [5.74, 6) is 0.820. The number of piperazine rings is 1. The SMILES string of the molecule is CCC(Oc1cccc2[nH]c(=O)ccc12)N1CCN(c2ccccc2)CC1. The number of hydrogen-bond donors (Lipinski definition) is 1. The Balaban J connectivity index is 1.47. The molecule has 0 saturated carbocycles. The number of nitrogens with zero attached hydrogens (tertiary/aromatic N) is 2. The Labute approximate surface area is 159 Å². The van der Waals surface area contributed by atoms with Gasteiger partial charge in [0.05, 0.1) is 5.52 Å². The monoisotopic (exact) mass is 363 g/mol. The van der Waals surface area contributed by atoms with E-state index < -0.39 is 0 Å². The van der Waals surface area contributed by atoms with E-state index in [1.165, 1.54) is 5.69 Å². The third kappa shape index (κ3) is 3.83. The van der Waals surface area contributed by atoms with E-state index in [1.54, 1.807) is 6.07 Å². The molecule has 5 nitrogen and oxygen atoms in total. The van der Waals surface area contributed by atoms with Crippen LogP contribution in [0.5, 0.6) is 5.75 Å². The van der Waals surface area contributed by atoms with Crippen molar-refractivity contribution in [2.24, 2.45) is 0 Å². The molecular weight excluding hydrogens is 338 g/mol. The lowest BCUT2D eigenvalue weighted by atomic mass is 10.2. The number of anilines is 1. The van der Waals surface area contributed by atoms with E-state index in [2.05, 4.69) is 52.0 Å². The first-order chi connectivity index (χ1) is 13.2. The third-order valence-corrected chi connectivity index (χ3v) is 5.18. The van der Waals surface area contributed by atoms with E-state index in [1.807, 2.05) is 24.3 Å². The zero-order valence-corrected chi connectivity index (χ0v) is 15.6. The average Bonchev–Trinajstić information content (AvgIpc) is 2.72. The molecular formula is C22H25N3O2. The molecule has 0 radical (unpaired) electrons. The molecule has 0 spiro atoms. The van der Waals surface area contributed by atoms with Crippen molar-refractivity contribution in [1.82, 2.24) is 9.88 Å². The fourth-order valence-corrected chi connectivity index (χ4v) is 3.73. The highest BCUT2D eigenvalue weighted by Gasteiger charge is 2.24. The van der Waals surface area contributed by atoms with Crippen LogP contribution in [0.1, 0.15) is 13.3 Å². The van der Waals surface area contributed by atoms with Crippen LogP contribution in [-0.2, 0) is 0 Å². The molecule has 140 valence electrons. The van der Waals surface area contributed by atoms with Crippen LogP contribution in [0.2, 0.25) is 0 Å². The third-order valence-electron chi connectivity index (χ3n) is 5.18. The first-order valence-corrected chi connectivity index (χ1v) is 9.57. The van der Waals surface area contributed by atoms with Gasteiger partial charge in [0, 0.05) is 43.3 Å². The number of para-hydroxylation sites is 1. The number of nitrogens with one attached hydrogen (secondary N) is 1. The minimum Gasteiger partial charge on any atom is -0.474 e. The van der Waals surface area contributed by atoms with Crippen LogP contribution in [0.25, 0.3) is 10.9 Å². The van der Waals surface area contributed by atoms with Crippen LogP contribution in [0.15, 0.2) is 65.5 Å². The minimum atomic E-state index is -0.0938. The lowest BCUT2D eigenvalue weighted by Gasteiger charge is -2.39. The molecule has 1 fully saturated rings. The molecule has 0 amide bonds. The maximum absolute atomic E-state index is 11.6. The van der Waals surface area contributed by atoms with Crippen LogP contribution in [-0.4, -0.2) is 42.3 Å². The van der Waals surface area contributed by atoms with Crippen molar-refractivity contribution in [3.05, 3.63) is 71.0 Å². The molecule has 27 heavy (non-hydrogen) atoms. The fourth-order valence-electron chi connectivity index (χ4n) is 3.73. The standard InChI is InChI=1S/C22H25N3O2/c1-2-22(25-15-13-24(14-16-25)17-7-4-3-5-8-17)27-20-10-6-9-19-18(20)11-12-21(26)23-19/h3-12,22H,2,13-16H2,1H3,(H,23,26). The fraction of sp³-hybridized carbons (Fsp3) is 0.318. The minimum absolute atomic E-state index is 0.0282. The molecule has 4 rings (SSSR count). The van der Waals surface area contributed by atoms with Gasteiger partial charge in [0.25, 0.3) is 0 Å². The van der Waals surface area contributed by atoms with Gasteiger partial charge in [0.15, 0.2) is 6.23 Å². The zero-order chi connectivity index (χ0) is 18.6. The van der Waals surface area contributed by atoms with Gasteiger partial charge in [-0.1, -0.05) is 31.2 Å². The number of fused-ring (bicyclic) bond motifs is 1. The normalized spacial score (nSPS) is 16.4. The maximum atomic E-state index is 11.6. The molecule has 1 aliphatic heterocycles. The average molecular weight is 363 g/mol. The largest absolute Gasteiger partial charge is 0.474 e. The van der Waals surface area contributed by atoms with Crippen LogP contribution >= 0.6 is 0 Å². The quantitative estimate of drug-likeness (QED) is 0.754. The van der Waals surface area contributed by atoms with E-state index in [4.69, 9.17) is 4.74 Å². The Bertz CT molecular complexity index is 946.